The second-order valence-electron chi connectivity index (χ2n) is 2.66. The van der Waals surface area contributed by atoms with Crippen molar-refractivity contribution in [1.82, 2.24) is 0 Å². The molecule has 0 bridgehead atoms. The molecule has 0 saturated carbocycles. The molecule has 3 nitrogen and oxygen atoms in total. The molecule has 0 aliphatic heterocycles. The van der Waals surface area contributed by atoms with Crippen molar-refractivity contribution >= 4 is 18.4 Å². The predicted molar refractivity (Wildman–Crippen MR) is 51.4 cm³/mol. The Labute approximate surface area is 80.1 Å². The van der Waals surface area contributed by atoms with Crippen molar-refractivity contribution in [3.63, 3.8) is 0 Å². The van der Waals surface area contributed by atoms with Crippen molar-refractivity contribution in [3.8, 4) is 0 Å². The molecule has 0 aliphatic rings. The SMILES string of the molecule is CCC(CC)OC(=O)[C@H](C)N.Cl. The summed E-state index contributed by atoms with van der Waals surface area (Å²) >= 11 is 0. The first-order chi connectivity index (χ1) is 5.11. The lowest BCUT2D eigenvalue weighted by molar-refractivity contribution is -0.150. The number of carbonyl (C=O) groups is 1. The van der Waals surface area contributed by atoms with Gasteiger partial charge in [-0.2, -0.15) is 0 Å². The van der Waals surface area contributed by atoms with Crippen LogP contribution in [0.1, 0.15) is 33.6 Å². The summed E-state index contributed by atoms with van der Waals surface area (Å²) in [7, 11) is 0. The Hall–Kier alpha value is -0.280. The van der Waals surface area contributed by atoms with Gasteiger partial charge in [0.2, 0.25) is 0 Å². The largest absolute Gasteiger partial charge is 0.461 e. The van der Waals surface area contributed by atoms with E-state index in [1.54, 1.807) is 6.92 Å². The van der Waals surface area contributed by atoms with Gasteiger partial charge in [-0.15, -0.1) is 12.4 Å². The lowest BCUT2D eigenvalue weighted by atomic mass is 10.2. The fourth-order valence-corrected chi connectivity index (χ4v) is 0.727. The van der Waals surface area contributed by atoms with Crippen LogP contribution in [0.2, 0.25) is 0 Å². The zero-order chi connectivity index (χ0) is 8.85. The van der Waals surface area contributed by atoms with Gasteiger partial charge in [0.15, 0.2) is 0 Å². The number of hydrogen-bond donors (Lipinski definition) is 1. The van der Waals surface area contributed by atoms with Crippen molar-refractivity contribution in [2.75, 3.05) is 0 Å². The van der Waals surface area contributed by atoms with Gasteiger partial charge in [-0.05, 0) is 19.8 Å². The molecule has 1 atom stereocenters. The summed E-state index contributed by atoms with van der Waals surface area (Å²) in [6, 6.07) is -0.504. The fraction of sp³-hybridized carbons (Fsp3) is 0.875. The van der Waals surface area contributed by atoms with Gasteiger partial charge in [0, 0.05) is 0 Å². The average molecular weight is 196 g/mol. The maximum Gasteiger partial charge on any atom is 0.322 e. The predicted octanol–water partition coefficient (Wildman–Crippen LogP) is 1.49. The van der Waals surface area contributed by atoms with E-state index in [-0.39, 0.29) is 24.5 Å². The van der Waals surface area contributed by atoms with Crippen LogP contribution in [0.25, 0.3) is 0 Å². The number of halogens is 1. The van der Waals surface area contributed by atoms with E-state index >= 15 is 0 Å². The second kappa shape index (κ2) is 7.37. The van der Waals surface area contributed by atoms with Gasteiger partial charge < -0.3 is 10.5 Å². The van der Waals surface area contributed by atoms with Crippen LogP contribution in [-0.4, -0.2) is 18.1 Å². The third kappa shape index (κ3) is 5.38. The van der Waals surface area contributed by atoms with Crippen molar-refractivity contribution in [1.29, 1.82) is 0 Å². The Balaban J connectivity index is 0. The van der Waals surface area contributed by atoms with Crippen molar-refractivity contribution < 1.29 is 9.53 Å². The third-order valence-corrected chi connectivity index (χ3v) is 1.57. The molecule has 0 aliphatic carbocycles. The molecule has 0 aromatic rings. The zero-order valence-corrected chi connectivity index (χ0v) is 8.69. The standard InChI is InChI=1S/C8H17NO2.ClH/c1-4-7(5-2)11-8(10)6(3)9;/h6-7H,4-5,9H2,1-3H3;1H/t6-;/m0./s1. The summed E-state index contributed by atoms with van der Waals surface area (Å²) in [6.07, 6.45) is 1.75. The summed E-state index contributed by atoms with van der Waals surface area (Å²) in [4.78, 5) is 10.9. The van der Waals surface area contributed by atoms with Gasteiger partial charge in [0.25, 0.3) is 0 Å². The van der Waals surface area contributed by atoms with Crippen LogP contribution in [0.5, 0.6) is 0 Å². The van der Waals surface area contributed by atoms with Crippen LogP contribution < -0.4 is 5.73 Å². The Kier molecular flexibility index (Phi) is 8.76. The van der Waals surface area contributed by atoms with E-state index in [1.807, 2.05) is 13.8 Å². The molecule has 0 fully saturated rings. The average Bonchev–Trinajstić information content (AvgIpc) is 1.99. The number of hydrogen-bond acceptors (Lipinski definition) is 3. The first-order valence-electron chi connectivity index (χ1n) is 4.07. The number of rotatable bonds is 4. The monoisotopic (exact) mass is 195 g/mol. The molecular formula is C8H18ClNO2. The summed E-state index contributed by atoms with van der Waals surface area (Å²) in [5, 5.41) is 0. The van der Waals surface area contributed by atoms with E-state index < -0.39 is 6.04 Å². The van der Waals surface area contributed by atoms with Crippen LogP contribution in [0.15, 0.2) is 0 Å². The Morgan fingerprint density at radius 1 is 1.42 bits per heavy atom. The van der Waals surface area contributed by atoms with Gasteiger partial charge in [-0.25, -0.2) is 0 Å². The lowest BCUT2D eigenvalue weighted by Gasteiger charge is -2.15. The number of carbonyl (C=O) groups excluding carboxylic acids is 1. The van der Waals surface area contributed by atoms with E-state index in [4.69, 9.17) is 10.5 Å². The van der Waals surface area contributed by atoms with Gasteiger partial charge in [0.05, 0.1) is 0 Å². The Bertz CT molecular complexity index is 124. The highest BCUT2D eigenvalue weighted by Gasteiger charge is 2.13. The summed E-state index contributed by atoms with van der Waals surface area (Å²) in [6.45, 7) is 5.61. The quantitative estimate of drug-likeness (QED) is 0.692. The molecule has 0 heterocycles. The Morgan fingerprint density at radius 3 is 2.08 bits per heavy atom. The van der Waals surface area contributed by atoms with E-state index in [1.165, 1.54) is 0 Å². The molecule has 0 radical (unpaired) electrons. The first-order valence-corrected chi connectivity index (χ1v) is 4.07. The van der Waals surface area contributed by atoms with Gasteiger partial charge in [-0.3, -0.25) is 4.79 Å². The lowest BCUT2D eigenvalue weighted by Crippen LogP contribution is -2.31. The summed E-state index contributed by atoms with van der Waals surface area (Å²) < 4.78 is 5.05. The third-order valence-electron chi connectivity index (χ3n) is 1.57. The van der Waals surface area contributed by atoms with Crippen molar-refractivity contribution in [3.05, 3.63) is 0 Å². The smallest absolute Gasteiger partial charge is 0.322 e. The number of esters is 1. The molecule has 0 spiro atoms. The van der Waals surface area contributed by atoms with Crippen LogP contribution in [-0.2, 0) is 9.53 Å². The second-order valence-corrected chi connectivity index (χ2v) is 2.66. The number of ether oxygens (including phenoxy) is 1. The van der Waals surface area contributed by atoms with E-state index in [2.05, 4.69) is 0 Å². The molecule has 2 N–H and O–H groups in total. The molecule has 0 saturated heterocycles. The van der Waals surface area contributed by atoms with Crippen LogP contribution in [0.4, 0.5) is 0 Å². The molecule has 0 aromatic carbocycles. The van der Waals surface area contributed by atoms with E-state index in [9.17, 15) is 4.79 Å². The van der Waals surface area contributed by atoms with Crippen molar-refractivity contribution in [2.24, 2.45) is 5.73 Å². The first kappa shape index (κ1) is 14.3. The van der Waals surface area contributed by atoms with Crippen LogP contribution in [0.3, 0.4) is 0 Å². The minimum atomic E-state index is -0.504. The number of nitrogens with two attached hydrogens (primary N) is 1. The summed E-state index contributed by atoms with van der Waals surface area (Å²) in [5.74, 6) is -0.307. The topological polar surface area (TPSA) is 52.3 Å². The molecule has 0 amide bonds. The van der Waals surface area contributed by atoms with Gasteiger partial charge in [0.1, 0.15) is 12.1 Å². The minimum absolute atomic E-state index is 0. The molecule has 74 valence electrons. The van der Waals surface area contributed by atoms with Crippen LogP contribution in [0, 0.1) is 0 Å². The Morgan fingerprint density at radius 2 is 1.83 bits per heavy atom. The zero-order valence-electron chi connectivity index (χ0n) is 7.87. The fourth-order valence-electron chi connectivity index (χ4n) is 0.727. The molecule has 0 rings (SSSR count). The van der Waals surface area contributed by atoms with E-state index in [0.717, 1.165) is 12.8 Å². The molecule has 4 heteroatoms. The highest BCUT2D eigenvalue weighted by molar-refractivity contribution is 5.85. The van der Waals surface area contributed by atoms with Crippen molar-refractivity contribution in [2.45, 2.75) is 45.8 Å². The maximum atomic E-state index is 10.9. The van der Waals surface area contributed by atoms with E-state index in [0.29, 0.717) is 0 Å². The normalized spacial score (nSPS) is 12.1. The maximum absolute atomic E-state index is 10.9. The molecular weight excluding hydrogens is 178 g/mol. The molecule has 12 heavy (non-hydrogen) atoms. The van der Waals surface area contributed by atoms with Crippen LogP contribution >= 0.6 is 12.4 Å². The van der Waals surface area contributed by atoms with Gasteiger partial charge in [-0.1, -0.05) is 13.8 Å². The minimum Gasteiger partial charge on any atom is -0.461 e. The molecule has 0 aromatic heterocycles. The summed E-state index contributed by atoms with van der Waals surface area (Å²) in [5.41, 5.74) is 5.32. The van der Waals surface area contributed by atoms with Gasteiger partial charge >= 0.3 is 5.97 Å². The highest BCUT2D eigenvalue weighted by atomic mass is 35.5. The highest BCUT2D eigenvalue weighted by Crippen LogP contribution is 2.03. The molecule has 0 unspecified atom stereocenters.